The third kappa shape index (κ3) is 9.95. The number of aromatic hydroxyl groups is 2. The first-order valence-electron chi connectivity index (χ1n) is 7.60. The highest BCUT2D eigenvalue weighted by molar-refractivity contribution is 5.74. The zero-order valence-corrected chi connectivity index (χ0v) is 14.1. The highest BCUT2D eigenvalue weighted by Crippen LogP contribution is 2.25. The summed E-state index contributed by atoms with van der Waals surface area (Å²) in [5.74, 6) is -2.73. The van der Waals surface area contributed by atoms with Gasteiger partial charge < -0.3 is 42.9 Å². The number of aliphatic carboxylic acids is 2. The molecule has 0 spiro atoms. The topological polar surface area (TPSA) is 229 Å². The van der Waals surface area contributed by atoms with E-state index in [2.05, 4.69) is 5.32 Å². The van der Waals surface area contributed by atoms with Crippen molar-refractivity contribution in [3.63, 3.8) is 0 Å². The van der Waals surface area contributed by atoms with Crippen LogP contribution in [0.4, 0.5) is 0 Å². The Morgan fingerprint density at radius 3 is 2.12 bits per heavy atom. The molecule has 2 atom stereocenters. The van der Waals surface area contributed by atoms with Crippen molar-refractivity contribution in [3.8, 4) is 11.5 Å². The minimum absolute atomic E-state index is 0.112. The van der Waals surface area contributed by atoms with E-state index < -0.39 is 24.0 Å². The van der Waals surface area contributed by atoms with Gasteiger partial charge in [-0.3, -0.25) is 15.0 Å². The molecule has 0 bridgehead atoms. The van der Waals surface area contributed by atoms with Gasteiger partial charge in [-0.25, -0.2) is 0 Å². The van der Waals surface area contributed by atoms with Gasteiger partial charge in [0.15, 0.2) is 17.5 Å². The molecule has 0 saturated heterocycles. The molecule has 0 aliphatic carbocycles. The van der Waals surface area contributed by atoms with E-state index in [1.54, 1.807) is 0 Å². The average Bonchev–Trinajstić information content (AvgIpc) is 2.55. The molecule has 1 aromatic carbocycles. The zero-order valence-electron chi connectivity index (χ0n) is 14.1. The third-order valence-corrected chi connectivity index (χ3v) is 3.14. The van der Waals surface area contributed by atoms with E-state index in [9.17, 15) is 9.59 Å². The number of benzene rings is 1. The molecule has 0 amide bonds. The van der Waals surface area contributed by atoms with E-state index in [-0.39, 0.29) is 23.9 Å². The van der Waals surface area contributed by atoms with Gasteiger partial charge in [-0.1, -0.05) is 6.07 Å². The summed E-state index contributed by atoms with van der Waals surface area (Å²) in [4.78, 5) is 20.6. The standard InChI is InChI=1S/C9H11NO4.C6H14N4O2/c10-6(9(13)14)3-5-1-2-7(11)8(12)4-5;7-4(5(11)12)2-1-3-10-6(8)9/h1-2,4,6,11-12H,3,10H2,(H,13,14);4H,1-3,7H2,(H,11,12)(H4,8,9,10)/t6-;/m0./s1. The van der Waals surface area contributed by atoms with Crippen LogP contribution in [-0.4, -0.2) is 57.0 Å². The van der Waals surface area contributed by atoms with Crippen molar-refractivity contribution in [2.45, 2.75) is 31.3 Å². The lowest BCUT2D eigenvalue weighted by Gasteiger charge is -2.06. The van der Waals surface area contributed by atoms with Crippen molar-refractivity contribution in [2.75, 3.05) is 6.54 Å². The molecule has 12 N–H and O–H groups in total. The monoisotopic (exact) mass is 371 g/mol. The lowest BCUT2D eigenvalue weighted by Crippen LogP contribution is -2.34. The van der Waals surface area contributed by atoms with Crippen molar-refractivity contribution in [1.29, 1.82) is 5.41 Å². The highest BCUT2D eigenvalue weighted by atomic mass is 16.4. The van der Waals surface area contributed by atoms with E-state index >= 15 is 0 Å². The number of hydrogen-bond donors (Lipinski definition) is 9. The first kappa shape index (κ1) is 22.9. The maximum atomic E-state index is 10.4. The van der Waals surface area contributed by atoms with Gasteiger partial charge in [0, 0.05) is 6.54 Å². The Bertz CT molecular complexity index is 625. The Hall–Kier alpha value is -3.05. The van der Waals surface area contributed by atoms with Crippen LogP contribution in [0, 0.1) is 5.41 Å². The molecule has 1 rings (SSSR count). The molecule has 146 valence electrons. The van der Waals surface area contributed by atoms with Crippen LogP contribution in [0.25, 0.3) is 0 Å². The summed E-state index contributed by atoms with van der Waals surface area (Å²) in [6.07, 6.45) is 1.09. The zero-order chi connectivity index (χ0) is 20.3. The van der Waals surface area contributed by atoms with Gasteiger partial charge in [0.1, 0.15) is 12.1 Å². The van der Waals surface area contributed by atoms with Gasteiger partial charge in [-0.15, -0.1) is 0 Å². The molecule has 0 saturated carbocycles. The van der Waals surface area contributed by atoms with Crippen LogP contribution in [0.2, 0.25) is 0 Å². The van der Waals surface area contributed by atoms with Gasteiger partial charge in [0.2, 0.25) is 0 Å². The molecular weight excluding hydrogens is 346 g/mol. The van der Waals surface area contributed by atoms with Crippen LogP contribution in [0.5, 0.6) is 11.5 Å². The first-order chi connectivity index (χ1) is 12.0. The van der Waals surface area contributed by atoms with E-state index in [0.717, 1.165) is 0 Å². The molecule has 26 heavy (non-hydrogen) atoms. The summed E-state index contributed by atoms with van der Waals surface area (Å²) in [6, 6.07) is 2.27. The predicted molar refractivity (Wildman–Crippen MR) is 93.8 cm³/mol. The van der Waals surface area contributed by atoms with E-state index in [1.807, 2.05) is 0 Å². The Labute approximate surface area is 149 Å². The number of nitrogens with one attached hydrogen (secondary N) is 2. The molecule has 1 aromatic rings. The summed E-state index contributed by atoms with van der Waals surface area (Å²) in [7, 11) is 0. The molecule has 0 aromatic heterocycles. The lowest BCUT2D eigenvalue weighted by atomic mass is 10.1. The average molecular weight is 371 g/mol. The van der Waals surface area contributed by atoms with Crippen molar-refractivity contribution >= 4 is 17.9 Å². The van der Waals surface area contributed by atoms with Crippen LogP contribution in [0.1, 0.15) is 18.4 Å². The smallest absolute Gasteiger partial charge is 0.320 e. The van der Waals surface area contributed by atoms with Gasteiger partial charge in [0.25, 0.3) is 0 Å². The maximum absolute atomic E-state index is 10.4. The molecule has 0 heterocycles. The number of carbonyl (C=O) groups is 2. The van der Waals surface area contributed by atoms with Crippen molar-refractivity contribution in [3.05, 3.63) is 23.8 Å². The second kappa shape index (κ2) is 11.5. The van der Waals surface area contributed by atoms with Crippen LogP contribution in [0.15, 0.2) is 18.2 Å². The van der Waals surface area contributed by atoms with E-state index in [1.165, 1.54) is 18.2 Å². The molecule has 11 heteroatoms. The molecule has 0 aliphatic heterocycles. The fourth-order valence-electron chi connectivity index (χ4n) is 1.71. The third-order valence-electron chi connectivity index (χ3n) is 3.14. The molecule has 11 nitrogen and oxygen atoms in total. The first-order valence-corrected chi connectivity index (χ1v) is 7.60. The summed E-state index contributed by atoms with van der Waals surface area (Å²) in [5.41, 5.74) is 16.1. The normalized spacial score (nSPS) is 12.2. The number of phenolic OH excluding ortho intramolecular Hbond substituents is 2. The number of guanidine groups is 1. The van der Waals surface area contributed by atoms with Crippen molar-refractivity contribution in [1.82, 2.24) is 5.32 Å². The minimum Gasteiger partial charge on any atom is -0.504 e. The van der Waals surface area contributed by atoms with Crippen LogP contribution in [-0.2, 0) is 16.0 Å². The van der Waals surface area contributed by atoms with Gasteiger partial charge >= 0.3 is 11.9 Å². The molecule has 0 aliphatic rings. The Balaban J connectivity index is 0.000000488. The second-order valence-electron chi connectivity index (χ2n) is 5.40. The summed E-state index contributed by atoms with van der Waals surface area (Å²) >= 11 is 0. The van der Waals surface area contributed by atoms with Crippen LogP contribution in [0.3, 0.4) is 0 Å². The van der Waals surface area contributed by atoms with Crippen molar-refractivity contribution in [2.24, 2.45) is 17.2 Å². The van der Waals surface area contributed by atoms with E-state index in [4.69, 9.17) is 43.0 Å². The number of carboxylic acid groups (broad SMARTS) is 2. The van der Waals surface area contributed by atoms with Crippen LogP contribution < -0.4 is 22.5 Å². The minimum atomic E-state index is -1.10. The number of hydrogen-bond acceptors (Lipinski definition) is 7. The predicted octanol–water partition coefficient (Wildman–Crippen LogP) is -1.29. The quantitative estimate of drug-likeness (QED) is 0.114. The summed E-state index contributed by atoms with van der Waals surface area (Å²) in [6.45, 7) is 0.482. The second-order valence-corrected chi connectivity index (χ2v) is 5.40. The summed E-state index contributed by atoms with van der Waals surface area (Å²) < 4.78 is 0. The van der Waals surface area contributed by atoms with Crippen molar-refractivity contribution < 1.29 is 30.0 Å². The fraction of sp³-hybridized carbons (Fsp3) is 0.400. The molecule has 0 radical (unpaired) electrons. The summed E-state index contributed by atoms with van der Waals surface area (Å²) in [5, 5.41) is 44.3. The Morgan fingerprint density at radius 1 is 1.08 bits per heavy atom. The van der Waals surface area contributed by atoms with E-state index in [0.29, 0.717) is 24.9 Å². The maximum Gasteiger partial charge on any atom is 0.320 e. The number of carboxylic acids is 2. The Morgan fingerprint density at radius 2 is 1.65 bits per heavy atom. The van der Waals surface area contributed by atoms with Gasteiger partial charge in [-0.2, -0.15) is 0 Å². The lowest BCUT2D eigenvalue weighted by molar-refractivity contribution is -0.139. The molecular formula is C15H25N5O6. The van der Waals surface area contributed by atoms with Gasteiger partial charge in [0.05, 0.1) is 0 Å². The molecule has 0 fully saturated rings. The van der Waals surface area contributed by atoms with Gasteiger partial charge in [-0.05, 0) is 37.0 Å². The SMILES string of the molecule is N=C(N)NCCCC(N)C(=O)O.N[C@@H](Cc1ccc(O)c(O)c1)C(=O)O. The Kier molecular flexibility index (Phi) is 10.1. The molecule has 1 unspecified atom stereocenters. The number of rotatable bonds is 8. The van der Waals surface area contributed by atoms with Crippen LogP contribution >= 0.6 is 0 Å². The largest absolute Gasteiger partial charge is 0.504 e. The fourth-order valence-corrected chi connectivity index (χ4v) is 1.71. The highest BCUT2D eigenvalue weighted by Gasteiger charge is 2.13. The number of nitrogens with two attached hydrogens (primary N) is 3. The number of phenols is 2.